The molecule has 2 rings (SSSR count). The maximum Gasteiger partial charge on any atom is 0.322 e. The average molecular weight is 252 g/mol. The van der Waals surface area contributed by atoms with Crippen LogP contribution in [0, 0.1) is 5.92 Å². The quantitative estimate of drug-likeness (QED) is 0.605. The van der Waals surface area contributed by atoms with Gasteiger partial charge in [0.05, 0.1) is 7.11 Å². The van der Waals surface area contributed by atoms with Crippen LogP contribution in [0.25, 0.3) is 0 Å². The highest BCUT2D eigenvalue weighted by Gasteiger charge is 2.21. The van der Waals surface area contributed by atoms with Crippen LogP contribution in [0.5, 0.6) is 6.01 Å². The van der Waals surface area contributed by atoms with Crippen molar-refractivity contribution >= 4 is 11.9 Å². The third kappa shape index (κ3) is 2.79. The molecule has 1 saturated heterocycles. The number of nitrogens with one attached hydrogen (secondary N) is 1. The molecule has 7 heteroatoms. The highest BCUT2D eigenvalue weighted by atomic mass is 16.5. The van der Waals surface area contributed by atoms with Crippen molar-refractivity contribution in [3.8, 4) is 6.01 Å². The Morgan fingerprint density at radius 1 is 1.44 bits per heavy atom. The topological polar surface area (TPSA) is 89.2 Å². The molecule has 7 nitrogen and oxygen atoms in total. The van der Waals surface area contributed by atoms with Crippen LogP contribution in [0.15, 0.2) is 0 Å². The molecule has 1 aromatic rings. The Morgan fingerprint density at radius 2 is 2.28 bits per heavy atom. The monoisotopic (exact) mass is 252 g/mol. The van der Waals surface area contributed by atoms with E-state index in [4.69, 9.17) is 10.6 Å². The van der Waals surface area contributed by atoms with Gasteiger partial charge in [-0.15, -0.1) is 0 Å². The van der Waals surface area contributed by atoms with Crippen molar-refractivity contribution in [1.29, 1.82) is 0 Å². The lowest BCUT2D eigenvalue weighted by molar-refractivity contribution is 0.373. The Hall–Kier alpha value is -1.63. The maximum atomic E-state index is 5.35. The summed E-state index contributed by atoms with van der Waals surface area (Å²) < 4.78 is 5.06. The van der Waals surface area contributed by atoms with E-state index in [-0.39, 0.29) is 6.01 Å². The minimum Gasteiger partial charge on any atom is -0.467 e. The zero-order valence-electron chi connectivity index (χ0n) is 10.9. The summed E-state index contributed by atoms with van der Waals surface area (Å²) in [4.78, 5) is 14.7. The molecule has 100 valence electrons. The van der Waals surface area contributed by atoms with Gasteiger partial charge in [0.1, 0.15) is 0 Å². The maximum absolute atomic E-state index is 5.35. The molecule has 1 aliphatic heterocycles. The number of hydrazine groups is 1. The molecule has 0 aromatic carbocycles. The van der Waals surface area contributed by atoms with Gasteiger partial charge in [0, 0.05) is 13.1 Å². The summed E-state index contributed by atoms with van der Waals surface area (Å²) in [5, 5.41) is 0. The number of nitrogens with two attached hydrogens (primary N) is 1. The predicted octanol–water partition coefficient (Wildman–Crippen LogP) is 0.792. The fourth-order valence-corrected chi connectivity index (χ4v) is 2.22. The summed E-state index contributed by atoms with van der Waals surface area (Å²) in [6.07, 6.45) is 3.62. The van der Waals surface area contributed by atoms with E-state index in [1.807, 2.05) is 0 Å². The highest BCUT2D eigenvalue weighted by Crippen LogP contribution is 2.23. The Balaban J connectivity index is 2.20. The zero-order valence-corrected chi connectivity index (χ0v) is 10.9. The Bertz CT molecular complexity index is 377. The van der Waals surface area contributed by atoms with E-state index in [1.54, 1.807) is 0 Å². The highest BCUT2D eigenvalue weighted by molar-refractivity contribution is 5.38. The second kappa shape index (κ2) is 5.81. The molecule has 0 spiro atoms. The van der Waals surface area contributed by atoms with Crippen molar-refractivity contribution in [3.05, 3.63) is 0 Å². The van der Waals surface area contributed by atoms with Gasteiger partial charge in [-0.1, -0.05) is 13.3 Å². The summed E-state index contributed by atoms with van der Waals surface area (Å²) in [5.74, 6) is 7.01. The summed E-state index contributed by atoms with van der Waals surface area (Å²) in [7, 11) is 1.53. The minimum atomic E-state index is 0.284. The number of hydrogen-bond donors (Lipinski definition) is 2. The third-order valence-corrected chi connectivity index (χ3v) is 3.29. The van der Waals surface area contributed by atoms with E-state index in [2.05, 4.69) is 32.2 Å². The SMILES string of the molecule is CCC1CCCN(c2nc(NN)nc(OC)n2)C1. The van der Waals surface area contributed by atoms with E-state index >= 15 is 0 Å². The van der Waals surface area contributed by atoms with Gasteiger partial charge in [0.2, 0.25) is 11.9 Å². The van der Waals surface area contributed by atoms with E-state index in [1.165, 1.54) is 20.0 Å². The summed E-state index contributed by atoms with van der Waals surface area (Å²) in [6.45, 7) is 4.16. The minimum absolute atomic E-state index is 0.284. The van der Waals surface area contributed by atoms with Crippen LogP contribution in [-0.4, -0.2) is 35.2 Å². The first kappa shape index (κ1) is 12.8. The Kier molecular flexibility index (Phi) is 4.14. The molecule has 1 aromatic heterocycles. The molecule has 1 unspecified atom stereocenters. The first-order valence-corrected chi connectivity index (χ1v) is 6.28. The number of methoxy groups -OCH3 is 1. The Labute approximate surface area is 107 Å². The van der Waals surface area contributed by atoms with Crippen LogP contribution in [0.3, 0.4) is 0 Å². The third-order valence-electron chi connectivity index (χ3n) is 3.29. The normalized spacial score (nSPS) is 19.7. The van der Waals surface area contributed by atoms with Crippen LogP contribution in [0.2, 0.25) is 0 Å². The number of nitrogen functional groups attached to an aromatic ring is 1. The molecular formula is C11H20N6O. The van der Waals surface area contributed by atoms with Crippen LogP contribution >= 0.6 is 0 Å². The molecule has 0 aliphatic carbocycles. The molecule has 18 heavy (non-hydrogen) atoms. The summed E-state index contributed by atoms with van der Waals surface area (Å²) in [6, 6.07) is 0.284. The van der Waals surface area contributed by atoms with E-state index in [0.29, 0.717) is 17.8 Å². The Morgan fingerprint density at radius 3 is 2.94 bits per heavy atom. The van der Waals surface area contributed by atoms with Crippen molar-refractivity contribution in [1.82, 2.24) is 15.0 Å². The fourth-order valence-electron chi connectivity index (χ4n) is 2.22. The molecule has 0 saturated carbocycles. The first-order chi connectivity index (χ1) is 8.76. The van der Waals surface area contributed by atoms with Crippen molar-refractivity contribution in [2.24, 2.45) is 11.8 Å². The van der Waals surface area contributed by atoms with E-state index < -0.39 is 0 Å². The molecule has 0 bridgehead atoms. The van der Waals surface area contributed by atoms with E-state index in [0.717, 1.165) is 19.5 Å². The number of ether oxygens (including phenoxy) is 1. The fraction of sp³-hybridized carbons (Fsp3) is 0.727. The van der Waals surface area contributed by atoms with Crippen LogP contribution in [-0.2, 0) is 0 Å². The second-order valence-electron chi connectivity index (χ2n) is 4.45. The number of anilines is 2. The van der Waals surface area contributed by atoms with Gasteiger partial charge >= 0.3 is 6.01 Å². The molecule has 0 amide bonds. The summed E-state index contributed by atoms with van der Waals surface area (Å²) >= 11 is 0. The van der Waals surface area contributed by atoms with Gasteiger partial charge in [-0.2, -0.15) is 15.0 Å². The molecule has 0 radical (unpaired) electrons. The number of hydrogen-bond acceptors (Lipinski definition) is 7. The van der Waals surface area contributed by atoms with Gasteiger partial charge in [-0.25, -0.2) is 5.84 Å². The summed E-state index contributed by atoms with van der Waals surface area (Å²) in [5.41, 5.74) is 2.44. The zero-order chi connectivity index (χ0) is 13.0. The first-order valence-electron chi connectivity index (χ1n) is 6.28. The number of nitrogens with zero attached hydrogens (tertiary/aromatic N) is 4. The van der Waals surface area contributed by atoms with E-state index in [9.17, 15) is 0 Å². The molecule has 1 atom stereocenters. The lowest BCUT2D eigenvalue weighted by atomic mass is 9.96. The van der Waals surface area contributed by atoms with Gasteiger partial charge in [0.15, 0.2) is 0 Å². The van der Waals surface area contributed by atoms with Crippen LogP contribution < -0.4 is 20.9 Å². The van der Waals surface area contributed by atoms with Crippen molar-refractivity contribution < 1.29 is 4.74 Å². The molecule has 3 N–H and O–H groups in total. The predicted molar refractivity (Wildman–Crippen MR) is 69.4 cm³/mol. The second-order valence-corrected chi connectivity index (χ2v) is 4.45. The van der Waals surface area contributed by atoms with Crippen molar-refractivity contribution in [3.63, 3.8) is 0 Å². The number of piperidine rings is 1. The van der Waals surface area contributed by atoms with Gasteiger partial charge in [-0.3, -0.25) is 5.43 Å². The molecular weight excluding hydrogens is 232 g/mol. The molecule has 1 aliphatic rings. The largest absolute Gasteiger partial charge is 0.467 e. The van der Waals surface area contributed by atoms with Crippen LogP contribution in [0.1, 0.15) is 26.2 Å². The number of rotatable bonds is 4. The van der Waals surface area contributed by atoms with Crippen molar-refractivity contribution in [2.75, 3.05) is 30.5 Å². The van der Waals surface area contributed by atoms with Crippen LogP contribution in [0.4, 0.5) is 11.9 Å². The lowest BCUT2D eigenvalue weighted by Crippen LogP contribution is -2.36. The van der Waals surface area contributed by atoms with Gasteiger partial charge < -0.3 is 9.64 Å². The number of aromatic nitrogens is 3. The van der Waals surface area contributed by atoms with Gasteiger partial charge in [-0.05, 0) is 18.8 Å². The lowest BCUT2D eigenvalue weighted by Gasteiger charge is -2.32. The molecule has 1 fully saturated rings. The average Bonchev–Trinajstić information content (AvgIpc) is 2.46. The van der Waals surface area contributed by atoms with Crippen molar-refractivity contribution in [2.45, 2.75) is 26.2 Å². The smallest absolute Gasteiger partial charge is 0.322 e. The molecule has 2 heterocycles. The van der Waals surface area contributed by atoms with Gasteiger partial charge in [0.25, 0.3) is 0 Å². The standard InChI is InChI=1S/C11H20N6O/c1-3-8-5-4-6-17(7-8)10-13-9(16-12)14-11(15-10)18-2/h8H,3-7,12H2,1-2H3,(H,13,14,15,16).